The lowest BCUT2D eigenvalue weighted by Gasteiger charge is -2.15. The van der Waals surface area contributed by atoms with E-state index in [9.17, 15) is 0 Å². The average Bonchev–Trinajstić information content (AvgIpc) is 2.78. The van der Waals surface area contributed by atoms with Crippen LogP contribution >= 0.6 is 11.8 Å². The molecule has 1 aromatic carbocycles. The maximum Gasteiger partial charge on any atom is 0.0571 e. The molecule has 0 spiro atoms. The van der Waals surface area contributed by atoms with Crippen LogP contribution in [0.2, 0.25) is 0 Å². The Kier molecular flexibility index (Phi) is 3.88. The third kappa shape index (κ3) is 2.58. The van der Waals surface area contributed by atoms with Gasteiger partial charge in [0, 0.05) is 24.2 Å². The molecule has 3 nitrogen and oxygen atoms in total. The van der Waals surface area contributed by atoms with Gasteiger partial charge in [-0.25, -0.2) is 5.43 Å². The van der Waals surface area contributed by atoms with Gasteiger partial charge in [0.15, 0.2) is 0 Å². The minimum atomic E-state index is 0.922. The van der Waals surface area contributed by atoms with Gasteiger partial charge in [-0.05, 0) is 43.1 Å². The van der Waals surface area contributed by atoms with Crippen LogP contribution in [0.1, 0.15) is 0 Å². The summed E-state index contributed by atoms with van der Waals surface area (Å²) in [5.74, 6) is 0. The van der Waals surface area contributed by atoms with E-state index in [2.05, 4.69) is 52.5 Å². The molecule has 0 radical (unpaired) electrons. The second-order valence-electron chi connectivity index (χ2n) is 3.72. The van der Waals surface area contributed by atoms with Gasteiger partial charge in [0.05, 0.1) is 5.69 Å². The minimum absolute atomic E-state index is 0.922. The van der Waals surface area contributed by atoms with Crippen molar-refractivity contribution in [3.05, 3.63) is 36.0 Å². The number of likely N-dealkylation sites (N-methyl/N-ethyl adjacent to an activating group) is 1. The van der Waals surface area contributed by atoms with Crippen LogP contribution in [0.25, 0.3) is 0 Å². The molecule has 0 aromatic heterocycles. The van der Waals surface area contributed by atoms with Crippen LogP contribution in [0.5, 0.6) is 0 Å². The molecule has 0 saturated carbocycles. The number of hydrogen-bond donors (Lipinski definition) is 2. The van der Waals surface area contributed by atoms with Crippen molar-refractivity contribution in [2.24, 2.45) is 0 Å². The summed E-state index contributed by atoms with van der Waals surface area (Å²) in [5.41, 5.74) is 5.90. The standard InChI is InChI=1S/C12H17N3S/c1-13-7-10-8-14-15(9-10)11-3-5-12(16-2)6-4-11/h3-6,9,13-14H,7-8H2,1-2H3. The smallest absolute Gasteiger partial charge is 0.0571 e. The molecule has 0 amide bonds. The highest BCUT2D eigenvalue weighted by atomic mass is 32.2. The maximum absolute atomic E-state index is 3.34. The summed E-state index contributed by atoms with van der Waals surface area (Å²) in [5, 5.41) is 5.24. The SMILES string of the molecule is CNCC1=CN(c2ccc(SC)cc2)NC1. The monoisotopic (exact) mass is 235 g/mol. The molecule has 16 heavy (non-hydrogen) atoms. The van der Waals surface area contributed by atoms with Crippen molar-refractivity contribution >= 4 is 17.4 Å². The molecule has 1 aromatic rings. The van der Waals surface area contributed by atoms with Gasteiger partial charge in [-0.3, -0.25) is 5.01 Å². The van der Waals surface area contributed by atoms with Gasteiger partial charge < -0.3 is 5.32 Å². The number of anilines is 1. The van der Waals surface area contributed by atoms with Crippen LogP contribution in [-0.4, -0.2) is 26.4 Å². The summed E-state index contributed by atoms with van der Waals surface area (Å²) in [6, 6.07) is 8.56. The maximum atomic E-state index is 3.34. The first-order valence-corrected chi connectivity index (χ1v) is 6.57. The summed E-state index contributed by atoms with van der Waals surface area (Å²) >= 11 is 1.76. The van der Waals surface area contributed by atoms with Crippen molar-refractivity contribution in [1.82, 2.24) is 10.7 Å². The van der Waals surface area contributed by atoms with E-state index in [1.165, 1.54) is 16.2 Å². The van der Waals surface area contributed by atoms with Gasteiger partial charge in [0.2, 0.25) is 0 Å². The summed E-state index contributed by atoms with van der Waals surface area (Å²) < 4.78 is 0. The highest BCUT2D eigenvalue weighted by Gasteiger charge is 2.12. The van der Waals surface area contributed by atoms with Crippen LogP contribution < -0.4 is 15.8 Å². The fourth-order valence-electron chi connectivity index (χ4n) is 1.70. The summed E-state index contributed by atoms with van der Waals surface area (Å²) in [6.45, 7) is 1.86. The molecule has 0 aliphatic carbocycles. The van der Waals surface area contributed by atoms with Crippen LogP contribution in [0.15, 0.2) is 40.9 Å². The van der Waals surface area contributed by atoms with E-state index in [1.807, 2.05) is 7.05 Å². The first-order chi connectivity index (χ1) is 7.83. The Morgan fingerprint density at radius 3 is 2.75 bits per heavy atom. The fraction of sp³-hybridized carbons (Fsp3) is 0.333. The number of benzene rings is 1. The molecule has 1 aliphatic rings. The van der Waals surface area contributed by atoms with Gasteiger partial charge in [0.25, 0.3) is 0 Å². The molecule has 4 heteroatoms. The number of nitrogens with zero attached hydrogens (tertiary/aromatic N) is 1. The van der Waals surface area contributed by atoms with Gasteiger partial charge in [-0.15, -0.1) is 11.8 Å². The second kappa shape index (κ2) is 5.39. The molecule has 0 atom stereocenters. The summed E-state index contributed by atoms with van der Waals surface area (Å²) in [6.07, 6.45) is 4.25. The average molecular weight is 235 g/mol. The summed E-state index contributed by atoms with van der Waals surface area (Å²) in [4.78, 5) is 1.29. The predicted octanol–water partition coefficient (Wildman–Crippen LogP) is 1.84. The van der Waals surface area contributed by atoms with Crippen LogP contribution in [0.4, 0.5) is 5.69 Å². The highest BCUT2D eigenvalue weighted by Crippen LogP contribution is 2.21. The molecule has 2 N–H and O–H groups in total. The molecule has 0 unspecified atom stereocenters. The first kappa shape index (κ1) is 11.5. The molecular weight excluding hydrogens is 218 g/mol. The number of rotatable bonds is 4. The van der Waals surface area contributed by atoms with E-state index < -0.39 is 0 Å². The summed E-state index contributed by atoms with van der Waals surface area (Å²) in [7, 11) is 1.97. The fourth-order valence-corrected chi connectivity index (χ4v) is 2.11. The Hall–Kier alpha value is -0.970. The normalized spacial score (nSPS) is 15.4. The van der Waals surface area contributed by atoms with Crippen molar-refractivity contribution < 1.29 is 0 Å². The van der Waals surface area contributed by atoms with Crippen molar-refractivity contribution in [2.45, 2.75) is 4.90 Å². The number of hydrogen-bond acceptors (Lipinski definition) is 4. The molecule has 0 fully saturated rings. The predicted molar refractivity (Wildman–Crippen MR) is 70.7 cm³/mol. The quantitative estimate of drug-likeness (QED) is 0.779. The van der Waals surface area contributed by atoms with Crippen LogP contribution in [0.3, 0.4) is 0 Å². The molecule has 0 bridgehead atoms. The van der Waals surface area contributed by atoms with Gasteiger partial charge in [0.1, 0.15) is 0 Å². The van der Waals surface area contributed by atoms with Gasteiger partial charge in [-0.1, -0.05) is 0 Å². The minimum Gasteiger partial charge on any atom is -0.316 e. The van der Waals surface area contributed by atoms with Gasteiger partial charge in [-0.2, -0.15) is 0 Å². The van der Waals surface area contributed by atoms with Crippen LogP contribution in [0, 0.1) is 0 Å². The number of hydrazine groups is 1. The Balaban J connectivity index is 2.07. The Labute approximate surface area is 101 Å². The van der Waals surface area contributed by atoms with Crippen molar-refractivity contribution in [3.63, 3.8) is 0 Å². The Bertz CT molecular complexity index is 372. The van der Waals surface area contributed by atoms with Crippen molar-refractivity contribution in [3.8, 4) is 0 Å². The van der Waals surface area contributed by atoms with E-state index in [0.29, 0.717) is 0 Å². The Morgan fingerprint density at radius 2 is 2.12 bits per heavy atom. The first-order valence-electron chi connectivity index (χ1n) is 5.34. The zero-order valence-corrected chi connectivity index (χ0v) is 10.5. The topological polar surface area (TPSA) is 27.3 Å². The third-order valence-electron chi connectivity index (χ3n) is 2.54. The van der Waals surface area contributed by atoms with E-state index in [4.69, 9.17) is 0 Å². The van der Waals surface area contributed by atoms with E-state index in [-0.39, 0.29) is 0 Å². The zero-order chi connectivity index (χ0) is 11.4. The zero-order valence-electron chi connectivity index (χ0n) is 9.66. The highest BCUT2D eigenvalue weighted by molar-refractivity contribution is 7.98. The van der Waals surface area contributed by atoms with Crippen molar-refractivity contribution in [1.29, 1.82) is 0 Å². The number of thioether (sulfide) groups is 1. The molecule has 0 saturated heterocycles. The molecular formula is C12H17N3S. The third-order valence-corrected chi connectivity index (χ3v) is 3.29. The Morgan fingerprint density at radius 1 is 1.38 bits per heavy atom. The second-order valence-corrected chi connectivity index (χ2v) is 4.60. The molecule has 86 valence electrons. The van der Waals surface area contributed by atoms with E-state index >= 15 is 0 Å². The number of nitrogens with one attached hydrogen (secondary N) is 2. The molecule has 1 heterocycles. The molecule has 1 aliphatic heterocycles. The van der Waals surface area contributed by atoms with Gasteiger partial charge >= 0.3 is 0 Å². The van der Waals surface area contributed by atoms with Crippen LogP contribution in [-0.2, 0) is 0 Å². The lowest BCUT2D eigenvalue weighted by molar-refractivity contribution is 0.781. The largest absolute Gasteiger partial charge is 0.316 e. The van der Waals surface area contributed by atoms with Crippen molar-refractivity contribution in [2.75, 3.05) is 31.4 Å². The van der Waals surface area contributed by atoms with E-state index in [0.717, 1.165) is 13.1 Å². The van der Waals surface area contributed by atoms with E-state index in [1.54, 1.807) is 11.8 Å². The lowest BCUT2D eigenvalue weighted by atomic mass is 10.3. The molecule has 2 rings (SSSR count). The lowest BCUT2D eigenvalue weighted by Crippen LogP contribution is -2.28.